The molecular weight excluding hydrogens is 538 g/mol. The summed E-state index contributed by atoms with van der Waals surface area (Å²) in [5.74, 6) is 0.195. The number of aryl methyl sites for hydroxylation is 1. The molecule has 0 radical (unpaired) electrons. The first-order chi connectivity index (χ1) is 19.2. The van der Waals surface area contributed by atoms with Crippen molar-refractivity contribution in [1.82, 2.24) is 4.72 Å². The maximum Gasteiger partial charge on any atom is 0.310 e. The fourth-order valence-electron chi connectivity index (χ4n) is 5.95. The van der Waals surface area contributed by atoms with Gasteiger partial charge in [-0.05, 0) is 60.0 Å². The molecule has 210 valence electrons. The number of benzene rings is 3. The molecule has 0 aromatic heterocycles. The average Bonchev–Trinajstić information content (AvgIpc) is 3.57. The highest BCUT2D eigenvalue weighted by atomic mass is 32.2. The quantitative estimate of drug-likeness (QED) is 0.426. The molecule has 1 aliphatic carbocycles. The van der Waals surface area contributed by atoms with Crippen molar-refractivity contribution in [2.45, 2.75) is 23.8 Å². The van der Waals surface area contributed by atoms with Crippen molar-refractivity contribution < 1.29 is 41.6 Å². The van der Waals surface area contributed by atoms with E-state index in [0.29, 0.717) is 34.3 Å². The SMILES string of the molecule is COc1cc([C@H]2c3cc4c(cc3[C@H](NS(=O)(=O)c3ccc(C)cc3)[C@H]3COC(=O)[C@H]23)OCO4)cc(OC)c1OC. The summed E-state index contributed by atoms with van der Waals surface area (Å²) >= 11 is 0. The summed E-state index contributed by atoms with van der Waals surface area (Å²) in [6.07, 6.45) is 0. The Hall–Kier alpha value is -3.96. The summed E-state index contributed by atoms with van der Waals surface area (Å²) < 4.78 is 63.7. The van der Waals surface area contributed by atoms with E-state index in [1.54, 1.807) is 42.5 Å². The molecule has 2 heterocycles. The summed E-state index contributed by atoms with van der Waals surface area (Å²) in [6.45, 7) is 1.99. The van der Waals surface area contributed by atoms with Crippen LogP contribution in [0.1, 0.15) is 34.2 Å². The molecule has 6 rings (SSSR count). The smallest absolute Gasteiger partial charge is 0.310 e. The van der Waals surface area contributed by atoms with Gasteiger partial charge in [0.15, 0.2) is 23.0 Å². The Morgan fingerprint density at radius 1 is 0.850 bits per heavy atom. The summed E-state index contributed by atoms with van der Waals surface area (Å²) in [6, 6.07) is 13.1. The van der Waals surface area contributed by atoms with Crippen LogP contribution >= 0.6 is 0 Å². The lowest BCUT2D eigenvalue weighted by Gasteiger charge is -2.39. The Kier molecular flexibility index (Phi) is 6.50. The minimum Gasteiger partial charge on any atom is -0.493 e. The van der Waals surface area contributed by atoms with Crippen LogP contribution in [0.5, 0.6) is 28.7 Å². The number of cyclic esters (lactones) is 1. The van der Waals surface area contributed by atoms with E-state index in [2.05, 4.69) is 4.72 Å². The van der Waals surface area contributed by atoms with Gasteiger partial charge in [0.2, 0.25) is 22.6 Å². The van der Waals surface area contributed by atoms with Gasteiger partial charge in [0, 0.05) is 11.8 Å². The van der Waals surface area contributed by atoms with Crippen molar-refractivity contribution in [3.63, 3.8) is 0 Å². The van der Waals surface area contributed by atoms with Gasteiger partial charge in [-0.1, -0.05) is 17.7 Å². The largest absolute Gasteiger partial charge is 0.493 e. The number of carbonyl (C=O) groups is 1. The van der Waals surface area contributed by atoms with E-state index < -0.39 is 39.8 Å². The molecule has 4 atom stereocenters. The van der Waals surface area contributed by atoms with Gasteiger partial charge in [0.05, 0.1) is 44.8 Å². The first kappa shape index (κ1) is 26.3. The zero-order chi connectivity index (χ0) is 28.2. The molecule has 3 aromatic rings. The van der Waals surface area contributed by atoms with Crippen LogP contribution in [0.4, 0.5) is 0 Å². The van der Waals surface area contributed by atoms with E-state index in [0.717, 1.165) is 16.7 Å². The Morgan fingerprint density at radius 2 is 1.48 bits per heavy atom. The van der Waals surface area contributed by atoms with E-state index in [9.17, 15) is 13.2 Å². The zero-order valence-corrected chi connectivity index (χ0v) is 23.2. The molecule has 0 amide bonds. The van der Waals surface area contributed by atoms with Crippen LogP contribution in [0.3, 0.4) is 0 Å². The molecule has 0 bridgehead atoms. The lowest BCUT2D eigenvalue weighted by Crippen LogP contribution is -2.42. The van der Waals surface area contributed by atoms with Gasteiger partial charge in [-0.2, -0.15) is 0 Å². The topological polar surface area (TPSA) is 119 Å². The van der Waals surface area contributed by atoms with Crippen molar-refractivity contribution in [3.05, 3.63) is 70.8 Å². The minimum absolute atomic E-state index is 0.0434. The predicted molar refractivity (Wildman–Crippen MR) is 143 cm³/mol. The van der Waals surface area contributed by atoms with Gasteiger partial charge in [0.25, 0.3) is 0 Å². The third-order valence-electron chi connectivity index (χ3n) is 7.85. The van der Waals surface area contributed by atoms with Crippen molar-refractivity contribution in [3.8, 4) is 28.7 Å². The maximum atomic E-state index is 13.6. The Morgan fingerprint density at radius 3 is 2.08 bits per heavy atom. The highest BCUT2D eigenvalue weighted by molar-refractivity contribution is 7.89. The van der Waals surface area contributed by atoms with Crippen molar-refractivity contribution >= 4 is 16.0 Å². The van der Waals surface area contributed by atoms with Gasteiger partial charge >= 0.3 is 5.97 Å². The number of sulfonamides is 1. The Balaban J connectivity index is 1.54. The Bertz CT molecular complexity index is 1560. The molecule has 0 unspecified atom stereocenters. The number of methoxy groups -OCH3 is 3. The monoisotopic (exact) mass is 567 g/mol. The third kappa shape index (κ3) is 4.20. The first-order valence-corrected chi connectivity index (χ1v) is 14.2. The van der Waals surface area contributed by atoms with Crippen molar-refractivity contribution in [2.75, 3.05) is 34.7 Å². The zero-order valence-electron chi connectivity index (χ0n) is 22.4. The molecule has 10 nitrogen and oxygen atoms in total. The standard InChI is InChI=1S/C29H29NO9S/c1-15-5-7-17(8-6-15)40(32,33)30-27-19-12-22-21(38-14-39-22)11-18(19)25(26-20(27)13-37-29(26)31)16-9-23(34-2)28(36-4)24(10-16)35-3/h5-12,20,25-27,30H,13-14H2,1-4H3/t20-,25-,26-,27-/m0/s1. The molecule has 3 aromatic carbocycles. The number of hydrogen-bond donors (Lipinski definition) is 1. The van der Waals surface area contributed by atoms with Crippen LogP contribution in [0, 0.1) is 18.8 Å². The normalized spacial score (nSPS) is 22.8. The summed E-state index contributed by atoms with van der Waals surface area (Å²) in [5, 5.41) is 0. The molecule has 0 saturated carbocycles. The van der Waals surface area contributed by atoms with Gasteiger partial charge in [-0.15, -0.1) is 0 Å². The molecule has 2 aliphatic heterocycles. The van der Waals surface area contributed by atoms with Crippen LogP contribution in [-0.2, 0) is 19.6 Å². The Labute approximate surface area is 232 Å². The second-order valence-electron chi connectivity index (χ2n) is 10.0. The highest BCUT2D eigenvalue weighted by Gasteiger charge is 2.53. The number of hydrogen-bond acceptors (Lipinski definition) is 9. The van der Waals surface area contributed by atoms with Gasteiger partial charge in [0.1, 0.15) is 0 Å². The summed E-state index contributed by atoms with van der Waals surface area (Å²) in [7, 11) is 0.621. The second-order valence-corrected chi connectivity index (χ2v) is 11.7. The van der Waals surface area contributed by atoms with Crippen LogP contribution in [0.25, 0.3) is 0 Å². The fraction of sp³-hybridized carbons (Fsp3) is 0.345. The van der Waals surface area contributed by atoms with Gasteiger partial charge < -0.3 is 28.4 Å². The van der Waals surface area contributed by atoms with E-state index >= 15 is 0 Å². The van der Waals surface area contributed by atoms with Crippen LogP contribution in [-0.4, -0.2) is 49.1 Å². The molecular formula is C29H29NO9S. The maximum absolute atomic E-state index is 13.6. The molecule has 40 heavy (non-hydrogen) atoms. The molecule has 0 spiro atoms. The number of fused-ring (bicyclic) bond motifs is 3. The van der Waals surface area contributed by atoms with Crippen LogP contribution in [0.15, 0.2) is 53.4 Å². The van der Waals surface area contributed by atoms with Crippen LogP contribution < -0.4 is 28.4 Å². The molecule has 1 saturated heterocycles. The minimum atomic E-state index is -3.95. The lowest BCUT2D eigenvalue weighted by atomic mass is 9.65. The molecule has 1 N–H and O–H groups in total. The van der Waals surface area contributed by atoms with Crippen LogP contribution in [0.2, 0.25) is 0 Å². The average molecular weight is 568 g/mol. The van der Waals surface area contributed by atoms with E-state index in [-0.39, 0.29) is 18.3 Å². The van der Waals surface area contributed by atoms with Gasteiger partial charge in [-0.25, -0.2) is 13.1 Å². The van der Waals surface area contributed by atoms with E-state index in [1.165, 1.54) is 21.3 Å². The predicted octanol–water partition coefficient (Wildman–Crippen LogP) is 3.70. The molecule has 1 fully saturated rings. The summed E-state index contributed by atoms with van der Waals surface area (Å²) in [4.78, 5) is 13.5. The summed E-state index contributed by atoms with van der Waals surface area (Å²) in [5.41, 5.74) is 3.06. The van der Waals surface area contributed by atoms with Crippen molar-refractivity contribution in [2.24, 2.45) is 11.8 Å². The first-order valence-electron chi connectivity index (χ1n) is 12.7. The molecule has 3 aliphatic rings. The van der Waals surface area contributed by atoms with Crippen molar-refractivity contribution in [1.29, 1.82) is 0 Å². The van der Waals surface area contributed by atoms with E-state index in [1.807, 2.05) is 13.0 Å². The number of carbonyl (C=O) groups excluding carboxylic acids is 1. The molecule has 11 heteroatoms. The number of ether oxygens (including phenoxy) is 6. The van der Waals surface area contributed by atoms with Gasteiger partial charge in [-0.3, -0.25) is 4.79 Å². The fourth-order valence-corrected chi connectivity index (χ4v) is 7.21. The van der Waals surface area contributed by atoms with E-state index in [4.69, 9.17) is 28.4 Å². The second kappa shape index (κ2) is 9.90. The number of rotatable bonds is 7. The highest BCUT2D eigenvalue weighted by Crippen LogP contribution is 2.55. The lowest BCUT2D eigenvalue weighted by molar-refractivity contribution is -0.141. The number of esters is 1. The third-order valence-corrected chi connectivity index (χ3v) is 9.30. The number of nitrogens with one attached hydrogen (secondary N) is 1.